The fourth-order valence-corrected chi connectivity index (χ4v) is 3.18. The molecule has 1 rings (SSSR count). The summed E-state index contributed by atoms with van der Waals surface area (Å²) in [5.74, 6) is -0.510. The van der Waals surface area contributed by atoms with Crippen LogP contribution in [0.1, 0.15) is 59.8 Å². The summed E-state index contributed by atoms with van der Waals surface area (Å²) in [6, 6.07) is 0. The Morgan fingerprint density at radius 1 is 1.56 bits per heavy atom. The van der Waals surface area contributed by atoms with Crippen molar-refractivity contribution in [3.8, 4) is 0 Å². The van der Waals surface area contributed by atoms with E-state index in [2.05, 4.69) is 33.8 Å². The van der Waals surface area contributed by atoms with E-state index < -0.39 is 5.97 Å². The van der Waals surface area contributed by atoms with Gasteiger partial charge in [-0.25, -0.2) is 4.79 Å². The number of aliphatic carboxylic acids is 1. The molecule has 0 saturated heterocycles. The van der Waals surface area contributed by atoms with Crippen LogP contribution < -0.4 is 0 Å². The minimum Gasteiger partial charge on any atom is -0.478 e. The topological polar surface area (TPSA) is 37.3 Å². The second kappa shape index (κ2) is 6.21. The molecule has 18 heavy (non-hydrogen) atoms. The van der Waals surface area contributed by atoms with Crippen LogP contribution in [0.25, 0.3) is 0 Å². The minimum absolute atomic E-state index is 0.174. The molecule has 0 amide bonds. The SMILES string of the molecule is CCCC/C(=C\C(=O)O)C1C(C)=CCCC1(C)C. The van der Waals surface area contributed by atoms with Gasteiger partial charge in [0.1, 0.15) is 0 Å². The number of unbranched alkanes of at least 4 members (excludes halogenated alkanes) is 1. The number of allylic oxidation sites excluding steroid dienone is 3. The Labute approximate surface area is 111 Å². The summed E-state index contributed by atoms with van der Waals surface area (Å²) < 4.78 is 0. The van der Waals surface area contributed by atoms with Gasteiger partial charge in [0.15, 0.2) is 0 Å². The average Bonchev–Trinajstić information content (AvgIpc) is 2.23. The molecule has 1 aliphatic carbocycles. The molecule has 1 aliphatic rings. The first-order valence-corrected chi connectivity index (χ1v) is 6.98. The Bertz CT molecular complexity index is 361. The Morgan fingerprint density at radius 3 is 2.72 bits per heavy atom. The van der Waals surface area contributed by atoms with Crippen LogP contribution in [0.15, 0.2) is 23.3 Å². The van der Waals surface area contributed by atoms with Crippen LogP contribution in [0.5, 0.6) is 0 Å². The van der Waals surface area contributed by atoms with Gasteiger partial charge in [0.2, 0.25) is 0 Å². The van der Waals surface area contributed by atoms with Crippen molar-refractivity contribution in [2.24, 2.45) is 11.3 Å². The molecule has 102 valence electrons. The summed E-state index contributed by atoms with van der Waals surface area (Å²) in [7, 11) is 0. The van der Waals surface area contributed by atoms with E-state index in [9.17, 15) is 4.79 Å². The highest BCUT2D eigenvalue weighted by atomic mass is 16.4. The molecule has 0 spiro atoms. The maximum absolute atomic E-state index is 11.0. The normalized spacial score (nSPS) is 23.7. The largest absolute Gasteiger partial charge is 0.478 e. The standard InChI is InChI=1S/C16H26O2/c1-5-6-9-13(11-14(17)18)15-12(2)8-7-10-16(15,3)4/h8,11,15H,5-7,9-10H2,1-4H3,(H,17,18)/b13-11+. The second-order valence-corrected chi connectivity index (χ2v) is 6.07. The molecule has 0 aromatic rings. The quantitative estimate of drug-likeness (QED) is 0.573. The highest BCUT2D eigenvalue weighted by molar-refractivity contribution is 5.81. The Morgan fingerprint density at radius 2 is 2.22 bits per heavy atom. The van der Waals surface area contributed by atoms with Gasteiger partial charge in [0.05, 0.1) is 0 Å². The van der Waals surface area contributed by atoms with Crippen LogP contribution in [-0.2, 0) is 4.79 Å². The predicted molar refractivity (Wildman–Crippen MR) is 75.5 cm³/mol. The maximum Gasteiger partial charge on any atom is 0.328 e. The summed E-state index contributed by atoms with van der Waals surface area (Å²) in [6.07, 6.45) is 9.05. The molecule has 0 fully saturated rings. The molecule has 0 bridgehead atoms. The van der Waals surface area contributed by atoms with Gasteiger partial charge in [-0.05, 0) is 38.0 Å². The van der Waals surface area contributed by atoms with Crippen LogP contribution in [0.2, 0.25) is 0 Å². The summed E-state index contributed by atoms with van der Waals surface area (Å²) in [6.45, 7) is 8.81. The van der Waals surface area contributed by atoms with Crippen LogP contribution >= 0.6 is 0 Å². The van der Waals surface area contributed by atoms with Gasteiger partial charge in [0, 0.05) is 12.0 Å². The monoisotopic (exact) mass is 250 g/mol. The predicted octanol–water partition coefficient (Wildman–Crippen LogP) is 4.57. The van der Waals surface area contributed by atoms with Crippen LogP contribution in [0, 0.1) is 11.3 Å². The van der Waals surface area contributed by atoms with Crippen molar-refractivity contribution in [1.29, 1.82) is 0 Å². The second-order valence-electron chi connectivity index (χ2n) is 6.07. The minimum atomic E-state index is -0.810. The molecule has 0 aliphatic heterocycles. The van der Waals surface area contributed by atoms with Crippen molar-refractivity contribution in [2.75, 3.05) is 0 Å². The Kier molecular flexibility index (Phi) is 5.18. The smallest absolute Gasteiger partial charge is 0.328 e. The summed E-state index contributed by atoms with van der Waals surface area (Å²) in [4.78, 5) is 11.0. The zero-order chi connectivity index (χ0) is 13.8. The zero-order valence-corrected chi connectivity index (χ0v) is 12.1. The van der Waals surface area contributed by atoms with Gasteiger partial charge in [-0.3, -0.25) is 0 Å². The van der Waals surface area contributed by atoms with E-state index >= 15 is 0 Å². The molecule has 0 aromatic carbocycles. The summed E-state index contributed by atoms with van der Waals surface area (Å²) >= 11 is 0. The lowest BCUT2D eigenvalue weighted by molar-refractivity contribution is -0.131. The first-order valence-electron chi connectivity index (χ1n) is 6.98. The molecule has 1 unspecified atom stereocenters. The summed E-state index contributed by atoms with van der Waals surface area (Å²) in [5, 5.41) is 9.07. The molecular weight excluding hydrogens is 224 g/mol. The molecule has 0 saturated carbocycles. The number of hydrogen-bond acceptors (Lipinski definition) is 1. The highest BCUT2D eigenvalue weighted by Crippen LogP contribution is 2.45. The van der Waals surface area contributed by atoms with Gasteiger partial charge in [-0.2, -0.15) is 0 Å². The van der Waals surface area contributed by atoms with E-state index in [0.717, 1.165) is 37.7 Å². The van der Waals surface area contributed by atoms with Crippen LogP contribution in [-0.4, -0.2) is 11.1 Å². The van der Waals surface area contributed by atoms with Crippen molar-refractivity contribution in [3.63, 3.8) is 0 Å². The van der Waals surface area contributed by atoms with Gasteiger partial charge >= 0.3 is 5.97 Å². The summed E-state index contributed by atoms with van der Waals surface area (Å²) in [5.41, 5.74) is 2.62. The number of rotatable bonds is 5. The number of carboxylic acid groups (broad SMARTS) is 1. The van der Waals surface area contributed by atoms with Gasteiger partial charge in [-0.15, -0.1) is 0 Å². The van der Waals surface area contributed by atoms with E-state index in [0.29, 0.717) is 5.92 Å². The number of hydrogen-bond donors (Lipinski definition) is 1. The molecule has 0 aromatic heterocycles. The zero-order valence-electron chi connectivity index (χ0n) is 12.1. The highest BCUT2D eigenvalue weighted by Gasteiger charge is 2.35. The van der Waals surface area contributed by atoms with Gasteiger partial charge < -0.3 is 5.11 Å². The molecule has 2 heteroatoms. The molecule has 1 atom stereocenters. The fraction of sp³-hybridized carbons (Fsp3) is 0.688. The average molecular weight is 250 g/mol. The fourth-order valence-electron chi connectivity index (χ4n) is 3.18. The van der Waals surface area contributed by atoms with Crippen molar-refractivity contribution in [3.05, 3.63) is 23.3 Å². The van der Waals surface area contributed by atoms with Gasteiger partial charge in [-0.1, -0.05) is 44.4 Å². The maximum atomic E-state index is 11.0. The molecule has 0 heterocycles. The third kappa shape index (κ3) is 3.72. The van der Waals surface area contributed by atoms with Crippen molar-refractivity contribution < 1.29 is 9.90 Å². The first-order chi connectivity index (χ1) is 8.38. The first kappa shape index (κ1) is 15.0. The number of carboxylic acids is 1. The third-order valence-corrected chi connectivity index (χ3v) is 3.99. The van der Waals surface area contributed by atoms with E-state index in [1.807, 2.05) is 0 Å². The van der Waals surface area contributed by atoms with Crippen molar-refractivity contribution >= 4 is 5.97 Å². The molecule has 0 radical (unpaired) electrons. The molecule has 1 N–H and O–H groups in total. The van der Waals surface area contributed by atoms with E-state index in [4.69, 9.17) is 5.11 Å². The van der Waals surface area contributed by atoms with E-state index in [1.165, 1.54) is 11.6 Å². The van der Waals surface area contributed by atoms with Crippen molar-refractivity contribution in [1.82, 2.24) is 0 Å². The van der Waals surface area contributed by atoms with Crippen LogP contribution in [0.4, 0.5) is 0 Å². The van der Waals surface area contributed by atoms with Crippen molar-refractivity contribution in [2.45, 2.75) is 59.8 Å². The molecule has 2 nitrogen and oxygen atoms in total. The Balaban J connectivity index is 3.05. The van der Waals surface area contributed by atoms with E-state index in [1.54, 1.807) is 0 Å². The molecular formula is C16H26O2. The number of carbonyl (C=O) groups is 1. The van der Waals surface area contributed by atoms with E-state index in [-0.39, 0.29) is 5.41 Å². The lowest BCUT2D eigenvalue weighted by Crippen LogP contribution is -2.30. The third-order valence-electron chi connectivity index (χ3n) is 3.99. The van der Waals surface area contributed by atoms with Gasteiger partial charge in [0.25, 0.3) is 0 Å². The van der Waals surface area contributed by atoms with Crippen LogP contribution in [0.3, 0.4) is 0 Å². The lowest BCUT2D eigenvalue weighted by Gasteiger charge is -2.40. The Hall–Kier alpha value is -1.05. The lowest BCUT2D eigenvalue weighted by atomic mass is 9.65.